The van der Waals surface area contributed by atoms with Crippen LogP contribution < -0.4 is 0 Å². The van der Waals surface area contributed by atoms with Crippen molar-refractivity contribution < 1.29 is 4.39 Å². The van der Waals surface area contributed by atoms with E-state index >= 15 is 0 Å². The maximum Gasteiger partial charge on any atom is 0.126 e. The smallest absolute Gasteiger partial charge is 0.126 e. The minimum Gasteiger partial charge on any atom is -0.345 e. The zero-order valence-electron chi connectivity index (χ0n) is 16.1. The first-order chi connectivity index (χ1) is 12.0. The van der Waals surface area contributed by atoms with Gasteiger partial charge in [-0.3, -0.25) is 0 Å². The molecule has 1 aromatic rings. The van der Waals surface area contributed by atoms with E-state index in [1.807, 2.05) is 12.1 Å². The highest BCUT2D eigenvalue weighted by Gasteiger charge is 2.15. The van der Waals surface area contributed by atoms with E-state index in [9.17, 15) is 4.39 Å². The Kier molecular flexibility index (Phi) is 6.81. The van der Waals surface area contributed by atoms with Crippen LogP contribution in [0.25, 0.3) is 0 Å². The van der Waals surface area contributed by atoms with Gasteiger partial charge in [-0.05, 0) is 74.8 Å². The van der Waals surface area contributed by atoms with Crippen molar-refractivity contribution in [2.24, 2.45) is 5.92 Å². The molecule has 0 radical (unpaired) electrons. The number of rotatable bonds is 6. The van der Waals surface area contributed by atoms with Gasteiger partial charge in [0, 0.05) is 18.4 Å². The van der Waals surface area contributed by atoms with Gasteiger partial charge in [-0.25, -0.2) is 4.39 Å². The molecule has 0 N–H and O–H groups in total. The number of hydrogen-bond donors (Lipinski definition) is 0. The van der Waals surface area contributed by atoms with Crippen LogP contribution in [0.2, 0.25) is 0 Å². The third-order valence-electron chi connectivity index (χ3n) is 4.84. The van der Waals surface area contributed by atoms with Gasteiger partial charge >= 0.3 is 0 Å². The molecule has 0 aliphatic heterocycles. The molecule has 0 saturated carbocycles. The number of likely N-dealkylation sites (N-methyl/N-ethyl adjacent to an activating group) is 1. The summed E-state index contributed by atoms with van der Waals surface area (Å²) < 4.78 is 13.7. The zero-order valence-corrected chi connectivity index (χ0v) is 16.1. The van der Waals surface area contributed by atoms with Gasteiger partial charge in [0.15, 0.2) is 0 Å². The largest absolute Gasteiger partial charge is 0.345 e. The Morgan fingerprint density at radius 2 is 2.12 bits per heavy atom. The molecule has 1 unspecified atom stereocenters. The van der Waals surface area contributed by atoms with Crippen molar-refractivity contribution in [3.63, 3.8) is 0 Å². The summed E-state index contributed by atoms with van der Waals surface area (Å²) in [6.07, 6.45) is 14.1. The topological polar surface area (TPSA) is 3.24 Å². The lowest BCUT2D eigenvalue weighted by Crippen LogP contribution is -2.19. The lowest BCUT2D eigenvalue weighted by Gasteiger charge is -2.27. The van der Waals surface area contributed by atoms with Crippen molar-refractivity contribution in [3.8, 4) is 0 Å². The van der Waals surface area contributed by atoms with Crippen LogP contribution in [-0.4, -0.2) is 11.9 Å². The van der Waals surface area contributed by atoms with Crippen LogP contribution in [0, 0.1) is 18.7 Å². The van der Waals surface area contributed by atoms with E-state index < -0.39 is 0 Å². The van der Waals surface area contributed by atoms with Gasteiger partial charge in [0.1, 0.15) is 5.82 Å². The third kappa shape index (κ3) is 4.94. The minimum absolute atomic E-state index is 0.107. The Morgan fingerprint density at radius 1 is 1.36 bits per heavy atom. The van der Waals surface area contributed by atoms with Crippen LogP contribution >= 0.6 is 0 Å². The van der Waals surface area contributed by atoms with Gasteiger partial charge in [-0.15, -0.1) is 0 Å². The number of allylic oxidation sites excluding steroid dienone is 6. The fourth-order valence-electron chi connectivity index (χ4n) is 3.36. The van der Waals surface area contributed by atoms with Gasteiger partial charge in [0.25, 0.3) is 0 Å². The molecule has 1 aromatic carbocycles. The predicted molar refractivity (Wildman–Crippen MR) is 106 cm³/mol. The number of halogens is 1. The normalized spacial score (nSPS) is 18.3. The Bertz CT molecular complexity index is 722. The molecule has 1 aliphatic rings. The first-order valence-corrected chi connectivity index (χ1v) is 9.16. The van der Waals surface area contributed by atoms with Crippen molar-refractivity contribution >= 4 is 0 Å². The summed E-state index contributed by atoms with van der Waals surface area (Å²) in [5, 5.41) is 0. The van der Waals surface area contributed by atoms with E-state index in [1.54, 1.807) is 13.0 Å². The summed E-state index contributed by atoms with van der Waals surface area (Å²) in [6.45, 7) is 8.21. The van der Waals surface area contributed by atoms with E-state index in [1.165, 1.54) is 17.0 Å². The molecule has 0 fully saturated rings. The summed E-state index contributed by atoms with van der Waals surface area (Å²) in [7, 11) is 2.12. The van der Waals surface area contributed by atoms with Crippen molar-refractivity contribution in [2.75, 3.05) is 7.05 Å². The summed E-state index contributed by atoms with van der Waals surface area (Å²) in [6, 6.07) is 5.58. The predicted octanol–water partition coefficient (Wildman–Crippen LogP) is 6.33. The van der Waals surface area contributed by atoms with Crippen LogP contribution in [0.15, 0.2) is 65.5 Å². The second kappa shape index (κ2) is 8.84. The van der Waals surface area contributed by atoms with Crippen LogP contribution in [0.3, 0.4) is 0 Å². The molecular formula is C23H30FN. The molecule has 0 bridgehead atoms. The quantitative estimate of drug-likeness (QED) is 0.547. The molecule has 2 rings (SSSR count). The fourth-order valence-corrected chi connectivity index (χ4v) is 3.36. The Morgan fingerprint density at radius 3 is 2.68 bits per heavy atom. The molecule has 1 atom stereocenters. The lowest BCUT2D eigenvalue weighted by molar-refractivity contribution is 0.524. The molecule has 134 valence electrons. The maximum atomic E-state index is 13.7. The van der Waals surface area contributed by atoms with Gasteiger partial charge in [-0.2, -0.15) is 0 Å². The molecule has 0 saturated heterocycles. The van der Waals surface area contributed by atoms with E-state index in [2.05, 4.69) is 63.1 Å². The Labute approximate surface area is 152 Å². The van der Waals surface area contributed by atoms with E-state index in [0.717, 1.165) is 24.8 Å². The monoisotopic (exact) mass is 339 g/mol. The Hall–Kier alpha value is -2.09. The number of nitrogens with zero attached hydrogens (tertiary/aromatic N) is 1. The van der Waals surface area contributed by atoms with Crippen LogP contribution in [-0.2, 0) is 6.42 Å². The molecule has 1 nitrogen and oxygen atoms in total. The molecule has 1 aliphatic carbocycles. The van der Waals surface area contributed by atoms with Crippen molar-refractivity contribution in [1.29, 1.82) is 0 Å². The Balaban J connectivity index is 2.03. The maximum absolute atomic E-state index is 13.7. The van der Waals surface area contributed by atoms with Crippen LogP contribution in [0.1, 0.15) is 44.7 Å². The number of hydrogen-bond acceptors (Lipinski definition) is 1. The van der Waals surface area contributed by atoms with E-state index in [-0.39, 0.29) is 5.82 Å². The lowest BCUT2D eigenvalue weighted by atomic mass is 9.91. The van der Waals surface area contributed by atoms with Crippen molar-refractivity contribution in [1.82, 2.24) is 4.90 Å². The second-order valence-electron chi connectivity index (χ2n) is 6.80. The molecular weight excluding hydrogens is 309 g/mol. The van der Waals surface area contributed by atoms with Crippen molar-refractivity contribution in [2.45, 2.75) is 47.0 Å². The highest BCUT2D eigenvalue weighted by molar-refractivity contribution is 5.35. The van der Waals surface area contributed by atoms with Crippen LogP contribution in [0.4, 0.5) is 4.39 Å². The highest BCUT2D eigenvalue weighted by atomic mass is 19.1. The summed E-state index contributed by atoms with van der Waals surface area (Å²) in [5.74, 6) is 0.324. The van der Waals surface area contributed by atoms with E-state index in [4.69, 9.17) is 0 Å². The van der Waals surface area contributed by atoms with Crippen molar-refractivity contribution in [3.05, 3.63) is 82.5 Å². The molecule has 0 spiro atoms. The standard InChI is InChI=1S/C23H30FN/c1-6-8-18(4)23(7-2)25(5)21-13-11-19(12-14-21)15-20-10-9-17(3)22(24)16-20/h7-11,13-14,16,19H,6,12,15H2,1-5H3/b18-8-,23-7+. The third-order valence-corrected chi connectivity index (χ3v) is 4.84. The molecule has 0 aromatic heterocycles. The average molecular weight is 339 g/mol. The minimum atomic E-state index is -0.107. The van der Waals surface area contributed by atoms with E-state index in [0.29, 0.717) is 11.5 Å². The SMILES string of the molecule is C/C=C(\C(C)=C/CC)N(C)C1=CCC(Cc2ccc(C)c(F)c2)C=C1. The molecule has 25 heavy (non-hydrogen) atoms. The molecule has 0 heterocycles. The number of benzene rings is 1. The van der Waals surface area contributed by atoms with Crippen LogP contribution in [0.5, 0.6) is 0 Å². The fraction of sp³-hybridized carbons (Fsp3) is 0.391. The molecule has 2 heteroatoms. The summed E-state index contributed by atoms with van der Waals surface area (Å²) in [5.41, 5.74) is 5.55. The van der Waals surface area contributed by atoms with Gasteiger partial charge < -0.3 is 4.90 Å². The average Bonchev–Trinajstić information content (AvgIpc) is 2.59. The second-order valence-corrected chi connectivity index (χ2v) is 6.80. The first kappa shape index (κ1) is 19.2. The highest BCUT2D eigenvalue weighted by Crippen LogP contribution is 2.26. The first-order valence-electron chi connectivity index (χ1n) is 9.16. The molecule has 0 amide bonds. The van der Waals surface area contributed by atoms with Gasteiger partial charge in [0.05, 0.1) is 0 Å². The zero-order chi connectivity index (χ0) is 18.4. The summed E-state index contributed by atoms with van der Waals surface area (Å²) >= 11 is 0. The van der Waals surface area contributed by atoms with Gasteiger partial charge in [0.2, 0.25) is 0 Å². The van der Waals surface area contributed by atoms with Gasteiger partial charge in [-0.1, -0.05) is 43.4 Å². The summed E-state index contributed by atoms with van der Waals surface area (Å²) in [4.78, 5) is 2.25. The number of aryl methyl sites for hydroxylation is 1.